The number of amides is 1. The number of rotatable bonds is 4. The van der Waals surface area contributed by atoms with Crippen LogP contribution in [0.1, 0.15) is 12.8 Å². The molecule has 1 aliphatic heterocycles. The van der Waals surface area contributed by atoms with E-state index in [1.54, 1.807) is 11.7 Å². The third kappa shape index (κ3) is 3.13. The average Bonchev–Trinajstić information content (AvgIpc) is 2.67. The van der Waals surface area contributed by atoms with Crippen LogP contribution in [0.2, 0.25) is 0 Å². The molecule has 1 fully saturated rings. The first-order chi connectivity index (χ1) is 8.15. The molecule has 8 heteroatoms. The van der Waals surface area contributed by atoms with E-state index < -0.39 is 0 Å². The van der Waals surface area contributed by atoms with Gasteiger partial charge in [0.05, 0.1) is 6.54 Å². The quantitative estimate of drug-likeness (QED) is 0.668. The largest absolute Gasteiger partial charge is 0.369 e. The summed E-state index contributed by atoms with van der Waals surface area (Å²) >= 11 is 0. The Labute approximate surface area is 99.1 Å². The van der Waals surface area contributed by atoms with E-state index in [1.807, 2.05) is 0 Å². The van der Waals surface area contributed by atoms with Crippen LogP contribution in [-0.2, 0) is 11.8 Å². The van der Waals surface area contributed by atoms with Gasteiger partial charge in [-0.05, 0) is 23.3 Å². The standard InChI is InChI=1S/C9H17N7O/c1-15-9(12-13-14-15)11-7-2-4-16(5-3-7)6-8(10)17/h7H,2-6H2,1H3,(H2,10,17)(H,11,12,14). The number of carbonyl (C=O) groups excluding carboxylic acids is 1. The van der Waals surface area contributed by atoms with Gasteiger partial charge in [0.1, 0.15) is 0 Å². The van der Waals surface area contributed by atoms with E-state index >= 15 is 0 Å². The van der Waals surface area contributed by atoms with Gasteiger partial charge in [-0.3, -0.25) is 9.69 Å². The smallest absolute Gasteiger partial charge is 0.242 e. The number of likely N-dealkylation sites (tertiary alicyclic amines) is 1. The zero-order chi connectivity index (χ0) is 12.3. The monoisotopic (exact) mass is 239 g/mol. The molecule has 1 saturated heterocycles. The molecule has 0 aromatic carbocycles. The second-order valence-electron chi connectivity index (χ2n) is 4.29. The predicted molar refractivity (Wildman–Crippen MR) is 61.1 cm³/mol. The Hall–Kier alpha value is -1.70. The van der Waals surface area contributed by atoms with Crippen molar-refractivity contribution in [2.45, 2.75) is 18.9 Å². The SMILES string of the molecule is Cn1nnnc1NC1CCN(CC(N)=O)CC1. The molecule has 0 aliphatic carbocycles. The molecule has 2 heterocycles. The van der Waals surface area contributed by atoms with Crippen molar-refractivity contribution in [3.8, 4) is 0 Å². The Kier molecular flexibility index (Phi) is 3.52. The maximum Gasteiger partial charge on any atom is 0.242 e. The average molecular weight is 239 g/mol. The van der Waals surface area contributed by atoms with E-state index in [4.69, 9.17) is 5.73 Å². The van der Waals surface area contributed by atoms with Crippen molar-refractivity contribution in [3.63, 3.8) is 0 Å². The van der Waals surface area contributed by atoms with Crippen LogP contribution in [0.15, 0.2) is 0 Å². The fourth-order valence-electron chi connectivity index (χ4n) is 1.99. The Balaban J connectivity index is 1.79. The van der Waals surface area contributed by atoms with E-state index in [0.717, 1.165) is 25.9 Å². The molecule has 1 amide bonds. The van der Waals surface area contributed by atoms with Crippen LogP contribution >= 0.6 is 0 Å². The van der Waals surface area contributed by atoms with Gasteiger partial charge in [0.15, 0.2) is 0 Å². The van der Waals surface area contributed by atoms with Crippen LogP contribution in [0.5, 0.6) is 0 Å². The number of hydrogen-bond acceptors (Lipinski definition) is 6. The van der Waals surface area contributed by atoms with E-state index in [2.05, 4.69) is 25.7 Å². The highest BCUT2D eigenvalue weighted by Gasteiger charge is 2.21. The van der Waals surface area contributed by atoms with Gasteiger partial charge in [-0.15, -0.1) is 0 Å². The normalized spacial score (nSPS) is 18.2. The summed E-state index contributed by atoms with van der Waals surface area (Å²) in [5.41, 5.74) is 5.16. The highest BCUT2D eigenvalue weighted by molar-refractivity contribution is 5.75. The fourth-order valence-corrected chi connectivity index (χ4v) is 1.99. The van der Waals surface area contributed by atoms with Crippen LogP contribution < -0.4 is 11.1 Å². The van der Waals surface area contributed by atoms with Gasteiger partial charge in [-0.25, -0.2) is 4.68 Å². The second kappa shape index (κ2) is 5.09. The minimum Gasteiger partial charge on any atom is -0.369 e. The maximum absolute atomic E-state index is 10.8. The molecule has 0 radical (unpaired) electrons. The number of anilines is 1. The van der Waals surface area contributed by atoms with E-state index in [9.17, 15) is 4.79 Å². The molecule has 1 aromatic heterocycles. The van der Waals surface area contributed by atoms with Crippen LogP contribution in [0.3, 0.4) is 0 Å². The first-order valence-electron chi connectivity index (χ1n) is 5.64. The van der Waals surface area contributed by atoms with Gasteiger partial charge in [0.2, 0.25) is 11.9 Å². The first-order valence-corrected chi connectivity index (χ1v) is 5.64. The lowest BCUT2D eigenvalue weighted by molar-refractivity contribution is -0.119. The maximum atomic E-state index is 10.8. The number of nitrogens with one attached hydrogen (secondary N) is 1. The van der Waals surface area contributed by atoms with Gasteiger partial charge in [0, 0.05) is 26.2 Å². The van der Waals surface area contributed by atoms with Crippen molar-refractivity contribution < 1.29 is 4.79 Å². The van der Waals surface area contributed by atoms with Gasteiger partial charge in [0.25, 0.3) is 0 Å². The number of nitrogens with two attached hydrogens (primary N) is 1. The molecule has 94 valence electrons. The predicted octanol–water partition coefficient (Wildman–Crippen LogP) is -1.43. The van der Waals surface area contributed by atoms with Crippen molar-refractivity contribution in [2.24, 2.45) is 12.8 Å². The molecular weight excluding hydrogens is 222 g/mol. The Morgan fingerprint density at radius 1 is 1.53 bits per heavy atom. The minimum absolute atomic E-state index is 0.270. The van der Waals surface area contributed by atoms with Gasteiger partial charge in [-0.1, -0.05) is 5.10 Å². The van der Waals surface area contributed by atoms with Crippen molar-refractivity contribution in [3.05, 3.63) is 0 Å². The molecule has 2 rings (SSSR count). The summed E-state index contributed by atoms with van der Waals surface area (Å²) in [5.74, 6) is 0.410. The molecule has 1 aliphatic rings. The molecule has 0 saturated carbocycles. The van der Waals surface area contributed by atoms with E-state index in [-0.39, 0.29) is 5.91 Å². The first kappa shape index (κ1) is 11.8. The molecule has 17 heavy (non-hydrogen) atoms. The summed E-state index contributed by atoms with van der Waals surface area (Å²) in [6.07, 6.45) is 1.92. The van der Waals surface area contributed by atoms with Crippen molar-refractivity contribution in [1.82, 2.24) is 25.1 Å². The number of primary amides is 1. The molecule has 0 atom stereocenters. The number of aromatic nitrogens is 4. The van der Waals surface area contributed by atoms with Crippen molar-refractivity contribution >= 4 is 11.9 Å². The minimum atomic E-state index is -0.270. The number of aryl methyl sites for hydroxylation is 1. The molecule has 1 aromatic rings. The zero-order valence-corrected chi connectivity index (χ0v) is 9.83. The van der Waals surface area contributed by atoms with Crippen molar-refractivity contribution in [2.75, 3.05) is 25.0 Å². The van der Waals surface area contributed by atoms with Crippen LogP contribution in [-0.4, -0.2) is 56.7 Å². The van der Waals surface area contributed by atoms with Crippen LogP contribution in [0.25, 0.3) is 0 Å². The number of hydrogen-bond donors (Lipinski definition) is 2. The summed E-state index contributed by atoms with van der Waals surface area (Å²) in [4.78, 5) is 12.8. The molecule has 8 nitrogen and oxygen atoms in total. The summed E-state index contributed by atoms with van der Waals surface area (Å²) in [6, 6.07) is 0.351. The molecule has 0 unspecified atom stereocenters. The lowest BCUT2D eigenvalue weighted by atomic mass is 10.1. The highest BCUT2D eigenvalue weighted by atomic mass is 16.1. The number of tetrazole rings is 1. The Morgan fingerprint density at radius 3 is 2.76 bits per heavy atom. The summed E-state index contributed by atoms with van der Waals surface area (Å²) in [5, 5.41) is 14.5. The topological polar surface area (TPSA) is 102 Å². The fraction of sp³-hybridized carbons (Fsp3) is 0.778. The summed E-state index contributed by atoms with van der Waals surface area (Å²) in [7, 11) is 1.80. The van der Waals surface area contributed by atoms with E-state index in [1.165, 1.54) is 0 Å². The number of piperidine rings is 1. The Morgan fingerprint density at radius 2 is 2.24 bits per heavy atom. The lowest BCUT2D eigenvalue weighted by Gasteiger charge is -2.31. The molecule has 0 spiro atoms. The van der Waals surface area contributed by atoms with E-state index in [0.29, 0.717) is 18.5 Å². The van der Waals surface area contributed by atoms with Gasteiger partial charge < -0.3 is 11.1 Å². The van der Waals surface area contributed by atoms with Crippen molar-refractivity contribution in [1.29, 1.82) is 0 Å². The third-order valence-electron chi connectivity index (χ3n) is 2.92. The Bertz CT molecular complexity index is 382. The lowest BCUT2D eigenvalue weighted by Crippen LogP contribution is -2.43. The molecule has 0 bridgehead atoms. The van der Waals surface area contributed by atoms with Crippen LogP contribution in [0, 0.1) is 0 Å². The van der Waals surface area contributed by atoms with Crippen LogP contribution in [0.4, 0.5) is 5.95 Å². The second-order valence-corrected chi connectivity index (χ2v) is 4.29. The summed E-state index contributed by atoms with van der Waals surface area (Å²) < 4.78 is 1.61. The third-order valence-corrected chi connectivity index (χ3v) is 2.92. The number of carbonyl (C=O) groups is 1. The summed E-state index contributed by atoms with van der Waals surface area (Å²) in [6.45, 7) is 2.08. The number of nitrogens with zero attached hydrogens (tertiary/aromatic N) is 5. The van der Waals surface area contributed by atoms with Gasteiger partial charge >= 0.3 is 0 Å². The zero-order valence-electron chi connectivity index (χ0n) is 9.83. The molecular formula is C9H17N7O. The highest BCUT2D eigenvalue weighted by Crippen LogP contribution is 2.13. The van der Waals surface area contributed by atoms with Gasteiger partial charge in [-0.2, -0.15) is 0 Å². The molecule has 3 N–H and O–H groups in total.